The van der Waals surface area contributed by atoms with E-state index in [1.807, 2.05) is 17.5 Å². The highest BCUT2D eigenvalue weighted by atomic mass is 32.1. The van der Waals surface area contributed by atoms with Crippen LogP contribution in [0.4, 0.5) is 5.69 Å². The largest absolute Gasteiger partial charge is 0.484 e. The van der Waals surface area contributed by atoms with Crippen LogP contribution >= 0.6 is 11.3 Å². The van der Waals surface area contributed by atoms with Gasteiger partial charge in [-0.05, 0) is 30.0 Å². The fourth-order valence-electron chi connectivity index (χ4n) is 2.08. The molecule has 112 valence electrons. The summed E-state index contributed by atoms with van der Waals surface area (Å²) < 4.78 is 5.76. The minimum Gasteiger partial charge on any atom is -0.484 e. The summed E-state index contributed by atoms with van der Waals surface area (Å²) in [7, 11) is 0. The number of nitrogens with one attached hydrogen (secondary N) is 1. The first-order valence-electron chi connectivity index (χ1n) is 6.75. The van der Waals surface area contributed by atoms with Gasteiger partial charge in [0.05, 0.1) is 5.69 Å². The van der Waals surface area contributed by atoms with E-state index in [2.05, 4.69) is 18.8 Å². The highest BCUT2D eigenvalue weighted by Gasteiger charge is 2.13. The molecule has 6 heteroatoms. The third kappa shape index (κ3) is 3.95. The molecular formula is C15H20N4OS. The predicted molar refractivity (Wildman–Crippen MR) is 86.9 cm³/mol. The van der Waals surface area contributed by atoms with Crippen LogP contribution in [-0.4, -0.2) is 10.8 Å². The quantitative estimate of drug-likeness (QED) is 0.434. The molecule has 1 aromatic carbocycles. The third-order valence-electron chi connectivity index (χ3n) is 2.97. The van der Waals surface area contributed by atoms with Gasteiger partial charge in [-0.15, -0.1) is 11.3 Å². The molecule has 1 heterocycles. The normalized spacial score (nSPS) is 10.8. The van der Waals surface area contributed by atoms with Crippen LogP contribution in [0.5, 0.6) is 5.75 Å². The summed E-state index contributed by atoms with van der Waals surface area (Å²) >= 11 is 1.53. The zero-order chi connectivity index (χ0) is 15.4. The molecule has 0 aliphatic carbocycles. The highest BCUT2D eigenvalue weighted by molar-refractivity contribution is 7.09. The number of hydrogen-bond donors (Lipinski definition) is 3. The zero-order valence-corrected chi connectivity index (χ0v) is 13.0. The maximum Gasteiger partial charge on any atom is 0.143 e. The molecule has 0 bridgehead atoms. The Bertz CT molecular complexity index is 623. The van der Waals surface area contributed by atoms with Gasteiger partial charge in [0.1, 0.15) is 23.2 Å². The van der Waals surface area contributed by atoms with E-state index >= 15 is 0 Å². The van der Waals surface area contributed by atoms with Crippen molar-refractivity contribution >= 4 is 22.9 Å². The molecule has 0 unspecified atom stereocenters. The van der Waals surface area contributed by atoms with Gasteiger partial charge in [-0.25, -0.2) is 4.98 Å². The number of amidine groups is 1. The Morgan fingerprint density at radius 1 is 1.43 bits per heavy atom. The van der Waals surface area contributed by atoms with Gasteiger partial charge in [0.2, 0.25) is 0 Å². The Balaban J connectivity index is 2.28. The average molecular weight is 304 g/mol. The van der Waals surface area contributed by atoms with E-state index in [1.165, 1.54) is 11.3 Å². The average Bonchev–Trinajstić information content (AvgIpc) is 2.91. The maximum absolute atomic E-state index is 7.66. The van der Waals surface area contributed by atoms with E-state index in [4.69, 9.17) is 21.6 Å². The van der Waals surface area contributed by atoms with Crippen LogP contribution in [0.3, 0.4) is 0 Å². The minimum atomic E-state index is -0.0443. The first kappa shape index (κ1) is 15.3. The van der Waals surface area contributed by atoms with Gasteiger partial charge in [-0.1, -0.05) is 13.8 Å². The van der Waals surface area contributed by atoms with Crippen LogP contribution in [0.25, 0.3) is 0 Å². The second-order valence-electron chi connectivity index (χ2n) is 5.28. The second kappa shape index (κ2) is 6.58. The molecule has 21 heavy (non-hydrogen) atoms. The Labute approximate surface area is 128 Å². The molecule has 0 atom stereocenters. The van der Waals surface area contributed by atoms with E-state index in [0.29, 0.717) is 29.5 Å². The molecule has 0 amide bonds. The van der Waals surface area contributed by atoms with Gasteiger partial charge in [0, 0.05) is 17.1 Å². The summed E-state index contributed by atoms with van der Waals surface area (Å²) in [5.41, 5.74) is 13.7. The van der Waals surface area contributed by atoms with Crippen molar-refractivity contribution in [3.63, 3.8) is 0 Å². The number of nitrogen functional groups attached to an aromatic ring is 2. The molecule has 5 N–H and O–H groups in total. The first-order valence-corrected chi connectivity index (χ1v) is 7.63. The lowest BCUT2D eigenvalue weighted by Gasteiger charge is -2.15. The minimum absolute atomic E-state index is 0.0443. The number of nitrogens with zero attached hydrogens (tertiary/aromatic N) is 1. The lowest BCUT2D eigenvalue weighted by Crippen LogP contribution is -2.15. The number of thiazole rings is 1. The van der Waals surface area contributed by atoms with E-state index in [0.717, 1.165) is 17.0 Å². The number of anilines is 1. The second-order valence-corrected chi connectivity index (χ2v) is 6.26. The van der Waals surface area contributed by atoms with Crippen molar-refractivity contribution in [2.24, 2.45) is 11.7 Å². The molecule has 0 aliphatic heterocycles. The summed E-state index contributed by atoms with van der Waals surface area (Å²) in [6, 6.07) is 3.79. The molecule has 0 fully saturated rings. The van der Waals surface area contributed by atoms with Gasteiger partial charge in [0.15, 0.2) is 0 Å². The van der Waals surface area contributed by atoms with Crippen LogP contribution in [0.2, 0.25) is 0 Å². The van der Waals surface area contributed by atoms with Crippen molar-refractivity contribution < 1.29 is 4.74 Å². The Morgan fingerprint density at radius 2 is 2.19 bits per heavy atom. The lowest BCUT2D eigenvalue weighted by molar-refractivity contribution is 0.307. The van der Waals surface area contributed by atoms with E-state index < -0.39 is 0 Å². The van der Waals surface area contributed by atoms with Gasteiger partial charge in [0.25, 0.3) is 0 Å². The topological polar surface area (TPSA) is 98.0 Å². The summed E-state index contributed by atoms with van der Waals surface area (Å²) in [5, 5.41) is 10.4. The van der Waals surface area contributed by atoms with Crippen molar-refractivity contribution in [3.05, 3.63) is 39.8 Å². The lowest BCUT2D eigenvalue weighted by atomic mass is 9.99. The van der Waals surface area contributed by atoms with Crippen molar-refractivity contribution in [1.82, 2.24) is 4.98 Å². The smallest absolute Gasteiger partial charge is 0.143 e. The van der Waals surface area contributed by atoms with Gasteiger partial charge < -0.3 is 16.2 Å². The monoisotopic (exact) mass is 304 g/mol. The van der Waals surface area contributed by atoms with Crippen LogP contribution in [0, 0.1) is 11.3 Å². The van der Waals surface area contributed by atoms with E-state index in [-0.39, 0.29) is 5.84 Å². The number of ether oxygens (including phenoxy) is 1. The molecule has 0 saturated heterocycles. The standard InChI is InChI=1S/C15H20N4OS/c1-9(2)5-10-6-11(15(17)18)14(16)12(7-10)20-8-13-19-3-4-21-13/h3-4,6-7,9H,5,8,16H2,1-2H3,(H3,17,18). The van der Waals surface area contributed by atoms with E-state index in [9.17, 15) is 0 Å². The van der Waals surface area contributed by atoms with Gasteiger partial charge in [-0.3, -0.25) is 5.41 Å². The predicted octanol–water partition coefficient (Wildman–Crippen LogP) is 2.79. The fraction of sp³-hybridized carbons (Fsp3) is 0.333. The molecule has 0 saturated carbocycles. The van der Waals surface area contributed by atoms with Gasteiger partial charge in [-0.2, -0.15) is 0 Å². The van der Waals surface area contributed by atoms with Crippen molar-refractivity contribution in [2.45, 2.75) is 26.9 Å². The molecule has 0 aliphatic rings. The number of nitrogens with two attached hydrogens (primary N) is 2. The molecule has 0 radical (unpaired) electrons. The maximum atomic E-state index is 7.66. The van der Waals surface area contributed by atoms with Crippen LogP contribution in [0.1, 0.15) is 30.0 Å². The van der Waals surface area contributed by atoms with Crippen molar-refractivity contribution in [1.29, 1.82) is 5.41 Å². The Hall–Kier alpha value is -2.08. The highest BCUT2D eigenvalue weighted by Crippen LogP contribution is 2.29. The molecule has 5 nitrogen and oxygen atoms in total. The molecular weight excluding hydrogens is 284 g/mol. The summed E-state index contributed by atoms with van der Waals surface area (Å²) in [6.45, 7) is 4.64. The summed E-state index contributed by atoms with van der Waals surface area (Å²) in [4.78, 5) is 4.18. The first-order chi connectivity index (χ1) is 9.97. The van der Waals surface area contributed by atoms with E-state index in [1.54, 1.807) is 6.20 Å². The third-order valence-corrected chi connectivity index (χ3v) is 3.72. The number of rotatable bonds is 6. The van der Waals surface area contributed by atoms with Crippen LogP contribution < -0.4 is 16.2 Å². The fourth-order valence-corrected chi connectivity index (χ4v) is 2.61. The molecule has 2 aromatic rings. The number of aromatic nitrogens is 1. The zero-order valence-electron chi connectivity index (χ0n) is 12.2. The number of benzene rings is 1. The molecule has 1 aromatic heterocycles. The van der Waals surface area contributed by atoms with Crippen molar-refractivity contribution in [2.75, 3.05) is 5.73 Å². The van der Waals surface area contributed by atoms with Crippen LogP contribution in [0.15, 0.2) is 23.7 Å². The Morgan fingerprint density at radius 3 is 2.76 bits per heavy atom. The SMILES string of the molecule is CC(C)Cc1cc(OCc2nccs2)c(N)c(C(=N)N)c1. The molecule has 2 rings (SSSR count). The Kier molecular flexibility index (Phi) is 4.80. The molecule has 0 spiro atoms. The van der Waals surface area contributed by atoms with Crippen LogP contribution in [-0.2, 0) is 13.0 Å². The summed E-state index contributed by atoms with van der Waals surface area (Å²) in [6.07, 6.45) is 2.62. The van der Waals surface area contributed by atoms with Crippen molar-refractivity contribution in [3.8, 4) is 5.75 Å². The number of hydrogen-bond acceptors (Lipinski definition) is 5. The van der Waals surface area contributed by atoms with Gasteiger partial charge >= 0.3 is 0 Å². The summed E-state index contributed by atoms with van der Waals surface area (Å²) in [5.74, 6) is 1.02.